The third kappa shape index (κ3) is 2.68. The first-order valence-corrected chi connectivity index (χ1v) is 6.77. The monoisotopic (exact) mass is 297 g/mol. The zero-order valence-corrected chi connectivity index (χ0v) is 11.9. The van der Waals surface area contributed by atoms with E-state index in [-0.39, 0.29) is 5.56 Å². The summed E-state index contributed by atoms with van der Waals surface area (Å²) in [5, 5.41) is 2.05. The van der Waals surface area contributed by atoms with Gasteiger partial charge in [-0.05, 0) is 35.0 Å². The molecule has 0 atom stereocenters. The van der Waals surface area contributed by atoms with E-state index >= 15 is 0 Å². The smallest absolute Gasteiger partial charge is 0.258 e. The van der Waals surface area contributed by atoms with Gasteiger partial charge in [0.05, 0.1) is 0 Å². The fraction of sp³-hybridized carbons (Fsp3) is 0.0556. The average molecular weight is 297 g/mol. The SMILES string of the molecule is CN(C(=O)c1cc(F)cc(F)c1)c1ccc2ccccc2c1. The Kier molecular flexibility index (Phi) is 3.59. The van der Waals surface area contributed by atoms with E-state index in [9.17, 15) is 13.6 Å². The van der Waals surface area contributed by atoms with E-state index in [1.807, 2.05) is 36.4 Å². The number of rotatable bonds is 2. The second kappa shape index (κ2) is 5.56. The summed E-state index contributed by atoms with van der Waals surface area (Å²) in [6, 6.07) is 16.1. The second-order valence-electron chi connectivity index (χ2n) is 5.05. The molecule has 0 fully saturated rings. The van der Waals surface area contributed by atoms with E-state index < -0.39 is 17.5 Å². The van der Waals surface area contributed by atoms with Crippen LogP contribution in [0, 0.1) is 11.6 Å². The molecule has 3 aromatic rings. The Hall–Kier alpha value is -2.75. The van der Waals surface area contributed by atoms with Crippen LogP contribution in [0.4, 0.5) is 14.5 Å². The number of hydrogen-bond acceptors (Lipinski definition) is 1. The molecule has 22 heavy (non-hydrogen) atoms. The summed E-state index contributed by atoms with van der Waals surface area (Å²) in [7, 11) is 1.58. The zero-order valence-electron chi connectivity index (χ0n) is 11.9. The lowest BCUT2D eigenvalue weighted by Gasteiger charge is -2.18. The summed E-state index contributed by atoms with van der Waals surface area (Å²) < 4.78 is 26.5. The third-order valence-corrected chi connectivity index (χ3v) is 3.53. The molecule has 110 valence electrons. The van der Waals surface area contributed by atoms with Crippen molar-refractivity contribution in [1.82, 2.24) is 0 Å². The predicted molar refractivity (Wildman–Crippen MR) is 83.0 cm³/mol. The van der Waals surface area contributed by atoms with Gasteiger partial charge in [0.15, 0.2) is 0 Å². The number of nitrogens with zero attached hydrogens (tertiary/aromatic N) is 1. The first kappa shape index (κ1) is 14.2. The lowest BCUT2D eigenvalue weighted by Crippen LogP contribution is -2.26. The van der Waals surface area contributed by atoms with Crippen LogP contribution < -0.4 is 4.90 Å². The van der Waals surface area contributed by atoms with Gasteiger partial charge in [0, 0.05) is 24.4 Å². The van der Waals surface area contributed by atoms with E-state index in [1.165, 1.54) is 4.90 Å². The fourth-order valence-electron chi connectivity index (χ4n) is 2.37. The molecule has 4 heteroatoms. The average Bonchev–Trinajstić information content (AvgIpc) is 2.52. The summed E-state index contributed by atoms with van der Waals surface area (Å²) in [6.45, 7) is 0. The molecule has 3 rings (SSSR count). The first-order valence-electron chi connectivity index (χ1n) is 6.77. The van der Waals surface area contributed by atoms with Crippen molar-refractivity contribution in [2.24, 2.45) is 0 Å². The molecule has 0 N–H and O–H groups in total. The van der Waals surface area contributed by atoms with Crippen LogP contribution in [-0.4, -0.2) is 13.0 Å². The van der Waals surface area contributed by atoms with Gasteiger partial charge in [-0.1, -0.05) is 30.3 Å². The van der Waals surface area contributed by atoms with Gasteiger partial charge in [-0.25, -0.2) is 8.78 Å². The number of amides is 1. The molecule has 0 aromatic heterocycles. The van der Waals surface area contributed by atoms with E-state index in [0.29, 0.717) is 5.69 Å². The molecule has 0 bridgehead atoms. The number of hydrogen-bond donors (Lipinski definition) is 0. The number of anilines is 1. The highest BCUT2D eigenvalue weighted by Crippen LogP contribution is 2.23. The van der Waals surface area contributed by atoms with Gasteiger partial charge in [0.1, 0.15) is 11.6 Å². The highest BCUT2D eigenvalue weighted by atomic mass is 19.1. The summed E-state index contributed by atoms with van der Waals surface area (Å²) >= 11 is 0. The molecule has 1 amide bonds. The second-order valence-corrected chi connectivity index (χ2v) is 5.05. The normalized spacial score (nSPS) is 10.7. The molecule has 0 saturated heterocycles. The van der Waals surface area contributed by atoms with Crippen LogP contribution in [0.5, 0.6) is 0 Å². The highest BCUT2D eigenvalue weighted by molar-refractivity contribution is 6.06. The Labute approximate surface area is 126 Å². The van der Waals surface area contributed by atoms with Gasteiger partial charge < -0.3 is 4.90 Å². The molecule has 0 aliphatic rings. The minimum absolute atomic E-state index is 0.0202. The van der Waals surface area contributed by atoms with Crippen LogP contribution in [0.1, 0.15) is 10.4 Å². The molecule has 0 aliphatic carbocycles. The Morgan fingerprint density at radius 1 is 0.864 bits per heavy atom. The zero-order chi connectivity index (χ0) is 15.7. The van der Waals surface area contributed by atoms with Crippen molar-refractivity contribution >= 4 is 22.4 Å². The van der Waals surface area contributed by atoms with E-state index in [4.69, 9.17) is 0 Å². The number of carbonyl (C=O) groups excluding carboxylic acids is 1. The van der Waals surface area contributed by atoms with Crippen molar-refractivity contribution in [3.8, 4) is 0 Å². The van der Waals surface area contributed by atoms with Crippen molar-refractivity contribution in [2.45, 2.75) is 0 Å². The molecule has 0 saturated carbocycles. The van der Waals surface area contributed by atoms with Crippen LogP contribution in [0.15, 0.2) is 60.7 Å². The predicted octanol–water partition coefficient (Wildman–Crippen LogP) is 4.39. The van der Waals surface area contributed by atoms with Crippen molar-refractivity contribution in [3.63, 3.8) is 0 Å². The van der Waals surface area contributed by atoms with Crippen molar-refractivity contribution in [1.29, 1.82) is 0 Å². The maximum absolute atomic E-state index is 13.3. The number of benzene rings is 3. The summed E-state index contributed by atoms with van der Waals surface area (Å²) in [5.74, 6) is -2.00. The first-order chi connectivity index (χ1) is 10.5. The minimum atomic E-state index is -0.768. The molecule has 0 spiro atoms. The van der Waals surface area contributed by atoms with Gasteiger partial charge in [0.2, 0.25) is 0 Å². The topological polar surface area (TPSA) is 20.3 Å². The number of fused-ring (bicyclic) bond motifs is 1. The summed E-state index contributed by atoms with van der Waals surface area (Å²) in [4.78, 5) is 13.8. The number of halogens is 2. The molecule has 0 aliphatic heterocycles. The fourth-order valence-corrected chi connectivity index (χ4v) is 2.37. The molecule has 0 heterocycles. The third-order valence-electron chi connectivity index (χ3n) is 3.53. The van der Waals surface area contributed by atoms with Crippen molar-refractivity contribution in [3.05, 3.63) is 77.9 Å². The minimum Gasteiger partial charge on any atom is -0.311 e. The van der Waals surface area contributed by atoms with Crippen LogP contribution in [0.3, 0.4) is 0 Å². The van der Waals surface area contributed by atoms with Gasteiger partial charge in [0.25, 0.3) is 5.91 Å². The molecule has 2 nitrogen and oxygen atoms in total. The van der Waals surface area contributed by atoms with Gasteiger partial charge >= 0.3 is 0 Å². The van der Waals surface area contributed by atoms with Gasteiger partial charge in [-0.3, -0.25) is 4.79 Å². The molecule has 0 radical (unpaired) electrons. The Balaban J connectivity index is 1.97. The lowest BCUT2D eigenvalue weighted by molar-refractivity contribution is 0.0992. The quantitative estimate of drug-likeness (QED) is 0.687. The van der Waals surface area contributed by atoms with E-state index in [0.717, 1.165) is 29.0 Å². The van der Waals surface area contributed by atoms with Crippen LogP contribution in [0.2, 0.25) is 0 Å². The van der Waals surface area contributed by atoms with Crippen molar-refractivity contribution < 1.29 is 13.6 Å². The van der Waals surface area contributed by atoms with Gasteiger partial charge in [-0.15, -0.1) is 0 Å². The molecular weight excluding hydrogens is 284 g/mol. The van der Waals surface area contributed by atoms with Crippen molar-refractivity contribution in [2.75, 3.05) is 11.9 Å². The molecule has 3 aromatic carbocycles. The standard InChI is InChI=1S/C18H13F2NO/c1-21(18(22)14-8-15(19)11-16(20)9-14)17-7-6-12-4-2-3-5-13(12)10-17/h2-11H,1H3. The Morgan fingerprint density at radius 3 is 2.18 bits per heavy atom. The van der Waals surface area contributed by atoms with Crippen LogP contribution >= 0.6 is 0 Å². The molecule has 0 unspecified atom stereocenters. The summed E-state index contributed by atoms with van der Waals surface area (Å²) in [5.41, 5.74) is 0.640. The van der Waals surface area contributed by atoms with Crippen LogP contribution in [0.25, 0.3) is 10.8 Å². The molecular formula is C18H13F2NO. The Morgan fingerprint density at radius 2 is 1.50 bits per heavy atom. The maximum Gasteiger partial charge on any atom is 0.258 e. The van der Waals surface area contributed by atoms with E-state index in [1.54, 1.807) is 13.1 Å². The Bertz CT molecular complexity index is 840. The highest BCUT2D eigenvalue weighted by Gasteiger charge is 2.15. The van der Waals surface area contributed by atoms with E-state index in [2.05, 4.69) is 0 Å². The maximum atomic E-state index is 13.3. The van der Waals surface area contributed by atoms with Crippen LogP contribution in [-0.2, 0) is 0 Å². The summed E-state index contributed by atoms with van der Waals surface area (Å²) in [6.07, 6.45) is 0. The van der Waals surface area contributed by atoms with Gasteiger partial charge in [-0.2, -0.15) is 0 Å². The number of carbonyl (C=O) groups is 1. The lowest BCUT2D eigenvalue weighted by atomic mass is 10.1. The largest absolute Gasteiger partial charge is 0.311 e.